The minimum Gasteiger partial charge on any atom is -0.478 e. The van der Waals surface area contributed by atoms with E-state index in [0.29, 0.717) is 19.0 Å². The van der Waals surface area contributed by atoms with Crippen molar-refractivity contribution >= 4 is 5.96 Å². The number of ether oxygens (including phenoxy) is 3. The van der Waals surface area contributed by atoms with Gasteiger partial charge in [0.1, 0.15) is 0 Å². The van der Waals surface area contributed by atoms with E-state index >= 15 is 0 Å². The fourth-order valence-electron chi connectivity index (χ4n) is 2.48. The van der Waals surface area contributed by atoms with Crippen LogP contribution in [0.5, 0.6) is 5.88 Å². The maximum atomic E-state index is 5.77. The lowest BCUT2D eigenvalue weighted by Gasteiger charge is -2.13. The fourth-order valence-corrected chi connectivity index (χ4v) is 2.48. The molecular formula is C19H32N4O3. The second kappa shape index (κ2) is 12.5. The van der Waals surface area contributed by atoms with Crippen LogP contribution >= 0.6 is 0 Å². The standard InChI is InChI=1S/C19H32N4O3/c1-3-10-26-18-7-6-16(13-22-18)14-23-19(20-4-2)21-9-5-11-25-17-8-12-24-15-17/h6-7,13,17H,3-5,8-12,14-15H2,1-2H3,(H2,20,21,23). The van der Waals surface area contributed by atoms with E-state index in [-0.39, 0.29) is 6.10 Å². The number of rotatable bonds is 11. The molecule has 26 heavy (non-hydrogen) atoms. The van der Waals surface area contributed by atoms with Gasteiger partial charge in [-0.2, -0.15) is 0 Å². The highest BCUT2D eigenvalue weighted by molar-refractivity contribution is 5.79. The van der Waals surface area contributed by atoms with Crippen molar-refractivity contribution in [1.29, 1.82) is 0 Å². The molecule has 1 fully saturated rings. The van der Waals surface area contributed by atoms with E-state index in [1.54, 1.807) is 0 Å². The van der Waals surface area contributed by atoms with Crippen molar-refractivity contribution in [3.8, 4) is 5.88 Å². The first-order valence-electron chi connectivity index (χ1n) is 9.61. The molecule has 0 bridgehead atoms. The lowest BCUT2D eigenvalue weighted by atomic mass is 10.3. The Hall–Kier alpha value is -1.86. The predicted molar refractivity (Wildman–Crippen MR) is 103 cm³/mol. The van der Waals surface area contributed by atoms with E-state index < -0.39 is 0 Å². The molecule has 2 heterocycles. The third kappa shape index (κ3) is 8.01. The summed E-state index contributed by atoms with van der Waals surface area (Å²) in [6.45, 7) is 9.33. The molecule has 7 nitrogen and oxygen atoms in total. The monoisotopic (exact) mass is 364 g/mol. The van der Waals surface area contributed by atoms with Gasteiger partial charge in [0.15, 0.2) is 5.96 Å². The summed E-state index contributed by atoms with van der Waals surface area (Å²) in [5.41, 5.74) is 1.05. The average molecular weight is 364 g/mol. The number of aliphatic imine (C=N–C) groups is 1. The van der Waals surface area contributed by atoms with Crippen molar-refractivity contribution in [3.05, 3.63) is 23.9 Å². The van der Waals surface area contributed by atoms with Gasteiger partial charge in [0.2, 0.25) is 5.88 Å². The molecule has 0 aliphatic carbocycles. The van der Waals surface area contributed by atoms with Crippen molar-refractivity contribution in [3.63, 3.8) is 0 Å². The van der Waals surface area contributed by atoms with Crippen LogP contribution in [0.15, 0.2) is 23.3 Å². The Morgan fingerprint density at radius 1 is 1.31 bits per heavy atom. The van der Waals surface area contributed by atoms with Gasteiger partial charge in [0.05, 0.1) is 25.9 Å². The molecule has 2 rings (SSSR count). The third-order valence-electron chi connectivity index (χ3n) is 3.87. The van der Waals surface area contributed by atoms with Gasteiger partial charge in [0, 0.05) is 38.6 Å². The van der Waals surface area contributed by atoms with Gasteiger partial charge >= 0.3 is 0 Å². The van der Waals surface area contributed by atoms with Gasteiger partial charge in [-0.25, -0.2) is 9.98 Å². The van der Waals surface area contributed by atoms with Gasteiger partial charge in [-0.3, -0.25) is 0 Å². The van der Waals surface area contributed by atoms with E-state index in [2.05, 4.69) is 34.5 Å². The first-order chi connectivity index (χ1) is 12.8. The molecule has 1 atom stereocenters. The lowest BCUT2D eigenvalue weighted by Crippen LogP contribution is -2.38. The van der Waals surface area contributed by atoms with Crippen LogP contribution in [0.25, 0.3) is 0 Å². The van der Waals surface area contributed by atoms with Crippen LogP contribution in [-0.4, -0.2) is 56.6 Å². The summed E-state index contributed by atoms with van der Waals surface area (Å²) in [6, 6.07) is 3.90. The molecule has 7 heteroatoms. The molecular weight excluding hydrogens is 332 g/mol. The number of guanidine groups is 1. The van der Waals surface area contributed by atoms with Crippen LogP contribution < -0.4 is 15.4 Å². The summed E-state index contributed by atoms with van der Waals surface area (Å²) in [5.74, 6) is 1.47. The highest BCUT2D eigenvalue weighted by Crippen LogP contribution is 2.09. The van der Waals surface area contributed by atoms with Crippen molar-refractivity contribution in [1.82, 2.24) is 15.6 Å². The van der Waals surface area contributed by atoms with Gasteiger partial charge in [-0.05, 0) is 31.7 Å². The molecule has 146 valence electrons. The maximum Gasteiger partial charge on any atom is 0.213 e. The molecule has 1 aliphatic rings. The van der Waals surface area contributed by atoms with E-state index in [1.165, 1.54) is 0 Å². The molecule has 2 N–H and O–H groups in total. The van der Waals surface area contributed by atoms with Crippen LogP contribution in [0.3, 0.4) is 0 Å². The molecule has 0 radical (unpaired) electrons. The average Bonchev–Trinajstić information content (AvgIpc) is 3.18. The van der Waals surface area contributed by atoms with Crippen molar-refractivity contribution < 1.29 is 14.2 Å². The van der Waals surface area contributed by atoms with E-state index in [4.69, 9.17) is 14.2 Å². The fraction of sp³-hybridized carbons (Fsp3) is 0.684. The highest BCUT2D eigenvalue weighted by atomic mass is 16.5. The zero-order valence-corrected chi connectivity index (χ0v) is 16.0. The van der Waals surface area contributed by atoms with Gasteiger partial charge in [-0.15, -0.1) is 0 Å². The normalized spacial score (nSPS) is 17.3. The molecule has 0 saturated carbocycles. The molecule has 1 aliphatic heterocycles. The third-order valence-corrected chi connectivity index (χ3v) is 3.87. The number of hydrogen-bond acceptors (Lipinski definition) is 5. The van der Waals surface area contributed by atoms with Crippen LogP contribution in [-0.2, 0) is 16.0 Å². The Bertz CT molecular complexity index is 516. The minimum atomic E-state index is 0.272. The highest BCUT2D eigenvalue weighted by Gasteiger charge is 2.15. The summed E-state index contributed by atoms with van der Waals surface area (Å²) in [6.07, 6.45) is 5.01. The van der Waals surface area contributed by atoms with Gasteiger partial charge < -0.3 is 24.8 Å². The first-order valence-corrected chi connectivity index (χ1v) is 9.61. The predicted octanol–water partition coefficient (Wildman–Crippen LogP) is 2.12. The molecule has 0 amide bonds. The molecule has 1 saturated heterocycles. The minimum absolute atomic E-state index is 0.272. The summed E-state index contributed by atoms with van der Waals surface area (Å²) in [7, 11) is 0. The van der Waals surface area contributed by atoms with Crippen molar-refractivity contribution in [2.45, 2.75) is 45.8 Å². The van der Waals surface area contributed by atoms with Crippen LogP contribution in [0.1, 0.15) is 38.7 Å². The molecule has 1 aromatic heterocycles. The number of hydrogen-bond donors (Lipinski definition) is 2. The summed E-state index contributed by atoms with van der Waals surface area (Å²) in [4.78, 5) is 8.91. The Morgan fingerprint density at radius 2 is 2.23 bits per heavy atom. The number of aromatic nitrogens is 1. The Balaban J connectivity index is 1.69. The largest absolute Gasteiger partial charge is 0.478 e. The first kappa shape index (κ1) is 20.5. The summed E-state index contributed by atoms with van der Waals surface area (Å²) >= 11 is 0. The topological polar surface area (TPSA) is 77.0 Å². The van der Waals surface area contributed by atoms with Crippen LogP contribution in [0, 0.1) is 0 Å². The molecule has 0 aromatic carbocycles. The Labute approximate surface area is 156 Å². The number of nitrogens with zero attached hydrogens (tertiary/aromatic N) is 2. The van der Waals surface area contributed by atoms with Crippen molar-refractivity contribution in [2.24, 2.45) is 4.99 Å². The van der Waals surface area contributed by atoms with Crippen molar-refractivity contribution in [2.75, 3.05) is 39.5 Å². The second-order valence-corrected chi connectivity index (χ2v) is 6.19. The van der Waals surface area contributed by atoms with Gasteiger partial charge in [-0.1, -0.05) is 13.0 Å². The summed E-state index contributed by atoms with van der Waals surface area (Å²) < 4.78 is 16.6. The smallest absolute Gasteiger partial charge is 0.213 e. The molecule has 1 aromatic rings. The Morgan fingerprint density at radius 3 is 2.92 bits per heavy atom. The van der Waals surface area contributed by atoms with Crippen LogP contribution in [0.4, 0.5) is 0 Å². The van der Waals surface area contributed by atoms with E-state index in [9.17, 15) is 0 Å². The quantitative estimate of drug-likeness (QED) is 0.356. The Kier molecular flexibility index (Phi) is 9.82. The zero-order valence-electron chi connectivity index (χ0n) is 16.0. The zero-order chi connectivity index (χ0) is 18.5. The summed E-state index contributed by atoms with van der Waals surface area (Å²) in [5, 5.41) is 6.60. The lowest BCUT2D eigenvalue weighted by molar-refractivity contribution is 0.0420. The number of nitrogens with one attached hydrogen (secondary N) is 2. The molecule has 0 spiro atoms. The van der Waals surface area contributed by atoms with Crippen LogP contribution in [0.2, 0.25) is 0 Å². The van der Waals surface area contributed by atoms with Gasteiger partial charge in [0.25, 0.3) is 0 Å². The maximum absolute atomic E-state index is 5.77. The second-order valence-electron chi connectivity index (χ2n) is 6.19. The molecule has 1 unspecified atom stereocenters. The van der Waals surface area contributed by atoms with E-state index in [1.807, 2.05) is 18.3 Å². The SMILES string of the molecule is CCCOc1ccc(CN=C(NCC)NCCCOC2CCOC2)cn1. The van der Waals surface area contributed by atoms with E-state index in [0.717, 1.165) is 63.7 Å². The number of pyridine rings is 1.